The molecule has 0 aromatic heterocycles. The van der Waals surface area contributed by atoms with E-state index >= 15 is 0 Å². The minimum atomic E-state index is -3.70. The summed E-state index contributed by atoms with van der Waals surface area (Å²) in [5.74, 6) is 0.781. The molecule has 0 radical (unpaired) electrons. The number of primary sulfonamides is 1. The van der Waals surface area contributed by atoms with E-state index in [0.29, 0.717) is 19.4 Å². The zero-order valence-corrected chi connectivity index (χ0v) is 18.0. The predicted molar refractivity (Wildman–Crippen MR) is 116 cm³/mol. The summed E-state index contributed by atoms with van der Waals surface area (Å²) in [7, 11) is -2.05. The molecule has 0 spiro atoms. The normalized spacial score (nSPS) is 15.7. The maximum atomic E-state index is 12.4. The van der Waals surface area contributed by atoms with Gasteiger partial charge in [-0.1, -0.05) is 24.3 Å². The van der Waals surface area contributed by atoms with Crippen molar-refractivity contribution in [2.75, 3.05) is 26.7 Å². The van der Waals surface area contributed by atoms with Crippen molar-refractivity contribution in [1.82, 2.24) is 10.2 Å². The minimum absolute atomic E-state index is 0.0300. The number of methoxy groups -OCH3 is 1. The fourth-order valence-corrected chi connectivity index (χ4v) is 4.28. The molecule has 0 saturated carbocycles. The SMILES string of the molecule is COc1cccc(C(CNC(=O)CCc2ccc(S(N)(=O)=O)cc2)N2CCCC2)c1. The van der Waals surface area contributed by atoms with Crippen LogP contribution in [0.5, 0.6) is 5.75 Å². The number of nitrogens with one attached hydrogen (secondary N) is 1. The first-order chi connectivity index (χ1) is 14.4. The molecular weight excluding hydrogens is 402 g/mol. The van der Waals surface area contributed by atoms with Crippen LogP contribution in [0.1, 0.15) is 36.4 Å². The Hall–Kier alpha value is -2.42. The second kappa shape index (κ2) is 10.1. The van der Waals surface area contributed by atoms with Crippen molar-refractivity contribution in [3.63, 3.8) is 0 Å². The number of ether oxygens (including phenoxy) is 1. The molecule has 0 bridgehead atoms. The number of nitrogens with two attached hydrogens (primary N) is 1. The number of likely N-dealkylation sites (tertiary alicyclic amines) is 1. The molecule has 8 heteroatoms. The number of benzene rings is 2. The zero-order chi connectivity index (χ0) is 21.6. The standard InChI is InChI=1S/C22H29N3O4S/c1-29-19-6-4-5-18(15-19)21(25-13-2-3-14-25)16-24-22(26)12-9-17-7-10-20(11-8-17)30(23,27)28/h4-8,10-11,15,21H,2-3,9,12-14,16H2,1H3,(H,24,26)(H2,23,27,28). The van der Waals surface area contributed by atoms with Crippen LogP contribution in [-0.2, 0) is 21.2 Å². The van der Waals surface area contributed by atoms with Gasteiger partial charge in [0.1, 0.15) is 5.75 Å². The topological polar surface area (TPSA) is 102 Å². The zero-order valence-electron chi connectivity index (χ0n) is 17.2. The molecule has 1 aliphatic rings. The van der Waals surface area contributed by atoms with Crippen molar-refractivity contribution < 1.29 is 17.9 Å². The molecule has 2 aromatic rings. The van der Waals surface area contributed by atoms with Gasteiger partial charge in [0, 0.05) is 13.0 Å². The average Bonchev–Trinajstić information content (AvgIpc) is 3.27. The van der Waals surface area contributed by atoms with E-state index in [1.807, 2.05) is 18.2 Å². The molecule has 1 atom stereocenters. The second-order valence-corrected chi connectivity index (χ2v) is 9.09. The highest BCUT2D eigenvalue weighted by Gasteiger charge is 2.24. The summed E-state index contributed by atoms with van der Waals surface area (Å²) >= 11 is 0. The van der Waals surface area contributed by atoms with Crippen molar-refractivity contribution in [1.29, 1.82) is 0 Å². The highest BCUT2D eigenvalue weighted by molar-refractivity contribution is 7.89. The summed E-state index contributed by atoms with van der Waals surface area (Å²) in [6.07, 6.45) is 3.20. The highest BCUT2D eigenvalue weighted by Crippen LogP contribution is 2.27. The Morgan fingerprint density at radius 3 is 2.50 bits per heavy atom. The molecule has 7 nitrogen and oxygen atoms in total. The highest BCUT2D eigenvalue weighted by atomic mass is 32.2. The van der Waals surface area contributed by atoms with Gasteiger partial charge in [-0.05, 0) is 67.7 Å². The molecule has 2 aromatic carbocycles. The quantitative estimate of drug-likeness (QED) is 0.634. The van der Waals surface area contributed by atoms with E-state index in [2.05, 4.69) is 16.3 Å². The van der Waals surface area contributed by atoms with Gasteiger partial charge in [-0.3, -0.25) is 9.69 Å². The Labute approximate surface area is 178 Å². The van der Waals surface area contributed by atoms with Gasteiger partial charge in [0.05, 0.1) is 18.0 Å². The number of aryl methyl sites for hydroxylation is 1. The lowest BCUT2D eigenvalue weighted by molar-refractivity contribution is -0.121. The Kier molecular flexibility index (Phi) is 7.47. The van der Waals surface area contributed by atoms with Gasteiger partial charge in [0.15, 0.2) is 0 Å². The number of rotatable bonds is 9. The summed E-state index contributed by atoms with van der Waals surface area (Å²) in [4.78, 5) is 14.9. The van der Waals surface area contributed by atoms with Gasteiger partial charge in [-0.25, -0.2) is 13.6 Å². The third kappa shape index (κ3) is 6.04. The van der Waals surface area contributed by atoms with Gasteiger partial charge in [-0.15, -0.1) is 0 Å². The predicted octanol–water partition coefficient (Wildman–Crippen LogP) is 2.23. The van der Waals surface area contributed by atoms with Gasteiger partial charge in [-0.2, -0.15) is 0 Å². The first-order valence-corrected chi connectivity index (χ1v) is 11.7. The number of hydrogen-bond acceptors (Lipinski definition) is 5. The molecular formula is C22H29N3O4S. The maximum absolute atomic E-state index is 12.4. The van der Waals surface area contributed by atoms with Gasteiger partial charge >= 0.3 is 0 Å². The monoisotopic (exact) mass is 431 g/mol. The fourth-order valence-electron chi connectivity index (χ4n) is 3.76. The molecule has 1 aliphatic heterocycles. The van der Waals surface area contributed by atoms with E-state index in [1.54, 1.807) is 19.2 Å². The van der Waals surface area contributed by atoms with Crippen LogP contribution in [0.25, 0.3) is 0 Å². The lowest BCUT2D eigenvalue weighted by Gasteiger charge is -2.28. The summed E-state index contributed by atoms with van der Waals surface area (Å²) in [6, 6.07) is 14.4. The third-order valence-electron chi connectivity index (χ3n) is 5.45. The molecule has 1 fully saturated rings. The number of hydrogen-bond donors (Lipinski definition) is 2. The Balaban J connectivity index is 1.57. The molecule has 0 aliphatic carbocycles. The second-order valence-electron chi connectivity index (χ2n) is 7.53. The lowest BCUT2D eigenvalue weighted by Crippen LogP contribution is -2.36. The van der Waals surface area contributed by atoms with E-state index in [-0.39, 0.29) is 16.8 Å². The van der Waals surface area contributed by atoms with E-state index in [1.165, 1.54) is 25.0 Å². The summed E-state index contributed by atoms with van der Waals surface area (Å²) < 4.78 is 28.0. The summed E-state index contributed by atoms with van der Waals surface area (Å²) in [6.45, 7) is 2.58. The Morgan fingerprint density at radius 2 is 1.87 bits per heavy atom. The number of carbonyl (C=O) groups excluding carboxylic acids is 1. The van der Waals surface area contributed by atoms with E-state index < -0.39 is 10.0 Å². The molecule has 1 unspecified atom stereocenters. The number of nitrogens with zero attached hydrogens (tertiary/aromatic N) is 1. The van der Waals surface area contributed by atoms with Gasteiger partial charge in [0.2, 0.25) is 15.9 Å². The number of sulfonamides is 1. The van der Waals surface area contributed by atoms with Crippen LogP contribution in [-0.4, -0.2) is 46.0 Å². The molecule has 3 N–H and O–H groups in total. The summed E-state index contributed by atoms with van der Waals surface area (Å²) in [5.41, 5.74) is 2.02. The molecule has 1 saturated heterocycles. The van der Waals surface area contributed by atoms with Gasteiger partial charge in [0.25, 0.3) is 0 Å². The van der Waals surface area contributed by atoms with E-state index in [9.17, 15) is 13.2 Å². The van der Waals surface area contributed by atoms with Crippen molar-refractivity contribution in [3.05, 3.63) is 59.7 Å². The van der Waals surface area contributed by atoms with E-state index in [0.717, 1.165) is 30.0 Å². The first-order valence-electron chi connectivity index (χ1n) is 10.1. The van der Waals surface area contributed by atoms with Crippen molar-refractivity contribution in [2.45, 2.75) is 36.6 Å². The molecule has 1 amide bonds. The van der Waals surface area contributed by atoms with Crippen LogP contribution >= 0.6 is 0 Å². The smallest absolute Gasteiger partial charge is 0.238 e. The molecule has 162 valence electrons. The Morgan fingerprint density at radius 1 is 1.17 bits per heavy atom. The number of amides is 1. The van der Waals surface area contributed by atoms with Crippen LogP contribution in [0.3, 0.4) is 0 Å². The van der Waals surface area contributed by atoms with Crippen LogP contribution in [0.2, 0.25) is 0 Å². The van der Waals surface area contributed by atoms with E-state index in [4.69, 9.17) is 9.88 Å². The van der Waals surface area contributed by atoms with Crippen LogP contribution < -0.4 is 15.2 Å². The average molecular weight is 432 g/mol. The molecule has 3 rings (SSSR count). The largest absolute Gasteiger partial charge is 0.497 e. The first kappa shape index (κ1) is 22.3. The van der Waals surface area contributed by atoms with Crippen molar-refractivity contribution in [2.24, 2.45) is 5.14 Å². The summed E-state index contributed by atoms with van der Waals surface area (Å²) in [5, 5.41) is 8.18. The van der Waals surface area contributed by atoms with Crippen LogP contribution in [0.4, 0.5) is 0 Å². The minimum Gasteiger partial charge on any atom is -0.497 e. The fraction of sp³-hybridized carbons (Fsp3) is 0.409. The Bertz CT molecular complexity index is 955. The molecule has 30 heavy (non-hydrogen) atoms. The third-order valence-corrected chi connectivity index (χ3v) is 6.37. The number of carbonyl (C=O) groups is 1. The van der Waals surface area contributed by atoms with Crippen molar-refractivity contribution in [3.8, 4) is 5.75 Å². The molecule has 1 heterocycles. The van der Waals surface area contributed by atoms with Crippen molar-refractivity contribution >= 4 is 15.9 Å². The van der Waals surface area contributed by atoms with Gasteiger partial charge < -0.3 is 10.1 Å². The van der Waals surface area contributed by atoms with Crippen LogP contribution in [0, 0.1) is 0 Å². The van der Waals surface area contributed by atoms with Crippen LogP contribution in [0.15, 0.2) is 53.4 Å². The lowest BCUT2D eigenvalue weighted by atomic mass is 10.0. The maximum Gasteiger partial charge on any atom is 0.238 e.